The zero-order valence-corrected chi connectivity index (χ0v) is 44.9. The van der Waals surface area contributed by atoms with Crippen LogP contribution in [0.3, 0.4) is 0 Å². The molecule has 26 heteroatoms. The molecule has 0 aliphatic carbocycles. The average Bonchev–Trinajstić information content (AvgIpc) is 4.18. The summed E-state index contributed by atoms with van der Waals surface area (Å²) in [7, 11) is 0. The Balaban J connectivity index is 0.835. The van der Waals surface area contributed by atoms with Crippen molar-refractivity contribution in [1.82, 2.24) is 35.6 Å². The lowest BCUT2D eigenvalue weighted by Gasteiger charge is -2.41. The summed E-state index contributed by atoms with van der Waals surface area (Å²) in [4.78, 5) is 67.5. The zero-order valence-electron chi connectivity index (χ0n) is 41.7. The number of nitrogens with zero attached hydrogens (tertiary/aromatic N) is 5. The minimum Gasteiger partial charge on any atom is -0.488 e. The number of carbonyl (C=O) groups is 5. The molecule has 2 fully saturated rings. The molecule has 5 atom stereocenters. The van der Waals surface area contributed by atoms with Gasteiger partial charge in [0.2, 0.25) is 18.1 Å². The maximum absolute atomic E-state index is 13.5. The van der Waals surface area contributed by atoms with Crippen molar-refractivity contribution in [2.45, 2.75) is 69.4 Å². The third-order valence-corrected chi connectivity index (χ3v) is 15.3. The van der Waals surface area contributed by atoms with Crippen molar-refractivity contribution >= 4 is 78.0 Å². The molecule has 0 saturated carbocycles. The lowest BCUT2D eigenvalue weighted by molar-refractivity contribution is -0.945. The van der Waals surface area contributed by atoms with Crippen molar-refractivity contribution in [3.8, 4) is 34.1 Å². The number of carboxylic acid groups (broad SMARTS) is 1. The number of hydrogen-bond acceptors (Lipinski definition) is 17. The first-order valence-corrected chi connectivity index (χ1v) is 26.6. The second kappa shape index (κ2) is 26.9. The summed E-state index contributed by atoms with van der Waals surface area (Å²) in [5.74, 6) is -1.97. The SMILES string of the molecule is O=C(CCOCCOCCOCCN1C(=O)C(Br)=C(Br)C1=O)NCCC(=O)Nc1cc(C[N+]2(CCOc3cccc(-c4n[nH]c5ccc(-c6ncn[nH]6)cc45)c3)CCCCC2)ccc1O[C@@H]1O[C@H](C(=O)O)[C@@H](O)[C@H](O)[C@H]1O. The van der Waals surface area contributed by atoms with Crippen LogP contribution in [0.25, 0.3) is 33.5 Å². The number of likely N-dealkylation sites (tertiary alicyclic amines) is 1. The number of fused-ring (bicyclic) bond motifs is 1. The number of halogens is 2. The molecule has 412 valence electrons. The predicted octanol–water partition coefficient (Wildman–Crippen LogP) is 3.12. The third kappa shape index (κ3) is 14.7. The first-order valence-electron chi connectivity index (χ1n) is 25.1. The van der Waals surface area contributed by atoms with E-state index in [0.29, 0.717) is 35.8 Å². The number of rotatable bonds is 27. The van der Waals surface area contributed by atoms with E-state index in [1.54, 1.807) is 18.2 Å². The van der Waals surface area contributed by atoms with Crippen molar-refractivity contribution in [2.75, 3.05) is 84.3 Å². The molecule has 0 bridgehead atoms. The van der Waals surface area contributed by atoms with Crippen LogP contribution in [-0.4, -0.2) is 194 Å². The number of ether oxygens (including phenoxy) is 6. The van der Waals surface area contributed by atoms with Crippen LogP contribution in [0.2, 0.25) is 0 Å². The van der Waals surface area contributed by atoms with Gasteiger partial charge in [0.15, 0.2) is 11.9 Å². The lowest BCUT2D eigenvalue weighted by atomic mass is 9.99. The maximum Gasteiger partial charge on any atom is 0.335 e. The van der Waals surface area contributed by atoms with Gasteiger partial charge >= 0.3 is 5.97 Å². The fourth-order valence-corrected chi connectivity index (χ4v) is 9.96. The number of aromatic amines is 2. The number of aromatic nitrogens is 5. The summed E-state index contributed by atoms with van der Waals surface area (Å²) in [5.41, 5.74) is 4.38. The number of piperidine rings is 1. The molecule has 4 amide bonds. The van der Waals surface area contributed by atoms with Gasteiger partial charge in [-0.25, -0.2) is 9.78 Å². The highest BCUT2D eigenvalue weighted by Crippen LogP contribution is 2.35. The second-order valence-corrected chi connectivity index (χ2v) is 20.2. The number of anilines is 1. The number of aliphatic hydroxyl groups is 3. The number of benzene rings is 3. The van der Waals surface area contributed by atoms with E-state index < -0.39 is 54.4 Å². The van der Waals surface area contributed by atoms with Crippen LogP contribution in [-0.2, 0) is 49.5 Å². The van der Waals surface area contributed by atoms with Gasteiger partial charge in [0.25, 0.3) is 11.8 Å². The number of carboxylic acids is 1. The number of carbonyl (C=O) groups excluding carboxylic acids is 4. The van der Waals surface area contributed by atoms with Gasteiger partial charge in [-0.05, 0) is 99.7 Å². The van der Waals surface area contributed by atoms with E-state index in [9.17, 15) is 44.4 Å². The van der Waals surface area contributed by atoms with Gasteiger partial charge in [-0.3, -0.25) is 34.3 Å². The van der Waals surface area contributed by atoms with Crippen LogP contribution in [0.15, 0.2) is 76.0 Å². The highest BCUT2D eigenvalue weighted by molar-refractivity contribution is 9.14. The van der Waals surface area contributed by atoms with Gasteiger partial charge in [0.1, 0.15) is 70.5 Å². The van der Waals surface area contributed by atoms with Gasteiger partial charge in [0.05, 0.1) is 70.5 Å². The molecule has 8 rings (SSSR count). The van der Waals surface area contributed by atoms with E-state index in [1.807, 2.05) is 42.5 Å². The Morgan fingerprint density at radius 3 is 2.26 bits per heavy atom. The number of nitrogens with one attached hydrogen (secondary N) is 4. The topological polar surface area (TPSA) is 319 Å². The Bertz CT molecular complexity index is 2880. The Labute approximate surface area is 458 Å². The fourth-order valence-electron chi connectivity index (χ4n) is 9.20. The Morgan fingerprint density at radius 1 is 0.792 bits per heavy atom. The molecule has 3 aliphatic heterocycles. The number of aliphatic hydroxyl groups excluding tert-OH is 3. The number of aliphatic carboxylic acids is 1. The summed E-state index contributed by atoms with van der Waals surface area (Å²) in [6.07, 6.45) is -4.93. The lowest BCUT2D eigenvalue weighted by Crippen LogP contribution is -2.61. The number of imide groups is 1. The van der Waals surface area contributed by atoms with Crippen molar-refractivity contribution in [3.63, 3.8) is 0 Å². The van der Waals surface area contributed by atoms with Crippen LogP contribution in [0.4, 0.5) is 5.69 Å². The Hall–Kier alpha value is -6.20. The van der Waals surface area contributed by atoms with Gasteiger partial charge in [-0.2, -0.15) is 10.2 Å². The van der Waals surface area contributed by atoms with E-state index in [4.69, 9.17) is 28.4 Å². The molecule has 0 unspecified atom stereocenters. The Morgan fingerprint density at radius 2 is 1.53 bits per heavy atom. The summed E-state index contributed by atoms with van der Waals surface area (Å²) in [6, 6.07) is 18.8. The summed E-state index contributed by atoms with van der Waals surface area (Å²) in [5, 5.41) is 62.3. The molecule has 24 nitrogen and oxygen atoms in total. The molecule has 5 heterocycles. The molecule has 5 aromatic rings. The van der Waals surface area contributed by atoms with Crippen LogP contribution >= 0.6 is 31.9 Å². The molecule has 3 aliphatic rings. The Kier molecular flexibility index (Phi) is 19.9. The van der Waals surface area contributed by atoms with Gasteiger partial charge in [-0.1, -0.05) is 12.1 Å². The smallest absolute Gasteiger partial charge is 0.335 e. The van der Waals surface area contributed by atoms with Crippen LogP contribution in [0, 0.1) is 0 Å². The average molecular weight is 1200 g/mol. The van der Waals surface area contributed by atoms with Crippen molar-refractivity contribution < 1.29 is 77.3 Å². The monoisotopic (exact) mass is 1200 g/mol. The normalized spacial score (nSPS) is 20.4. The quantitative estimate of drug-likeness (QED) is 0.0213. The van der Waals surface area contributed by atoms with Gasteiger partial charge < -0.3 is 64.0 Å². The molecule has 0 spiro atoms. The minimum absolute atomic E-state index is 0.00315. The maximum atomic E-state index is 13.5. The summed E-state index contributed by atoms with van der Waals surface area (Å²) < 4.78 is 35.2. The van der Waals surface area contributed by atoms with Crippen molar-refractivity contribution in [2.24, 2.45) is 0 Å². The van der Waals surface area contributed by atoms with Gasteiger partial charge in [0, 0.05) is 41.5 Å². The van der Waals surface area contributed by atoms with E-state index in [-0.39, 0.29) is 91.9 Å². The number of quaternary nitrogens is 1. The standard InChI is InChI=1S/C51H59Br2N9O15/c52-40-41(53)49(69)61(48(40)68)14-19-73-22-24-74-23-21-72-18-12-38(63)54-13-11-39(64)57-36-25-30(7-10-37(36)76-51-45(67)43(65)44(66)46(77-51)50(70)71)28-62(15-2-1-3-16-62)17-20-75-33-6-4-5-31(26-33)42-34-27-32(47-55-29-56-60-47)8-9-35(34)58-59-42/h4-10,25-27,29,43-46,51,65-67H,1-3,11-24,28H2,(H4-,54,55,56,57,58,59,60,63,64,68,69,70,71)/p+1/t43-,44-,45+,46-,51+/m0/s1. The zero-order chi connectivity index (χ0) is 54.5. The number of amides is 4. The second-order valence-electron chi connectivity index (χ2n) is 18.6. The van der Waals surface area contributed by atoms with Gasteiger partial charge in [-0.15, -0.1) is 0 Å². The highest BCUT2D eigenvalue weighted by atomic mass is 79.9. The highest BCUT2D eigenvalue weighted by Gasteiger charge is 2.48. The van der Waals surface area contributed by atoms with Crippen molar-refractivity contribution in [1.29, 1.82) is 0 Å². The minimum atomic E-state index is -1.93. The number of hydrogen-bond donors (Lipinski definition) is 8. The van der Waals surface area contributed by atoms with Crippen molar-refractivity contribution in [3.05, 3.63) is 81.5 Å². The summed E-state index contributed by atoms with van der Waals surface area (Å²) in [6.45, 7) is 4.61. The first kappa shape index (κ1) is 57.0. The van der Waals surface area contributed by atoms with Crippen LogP contribution < -0.4 is 20.1 Å². The molecule has 8 N–H and O–H groups in total. The molecule has 3 aromatic carbocycles. The molecular weight excluding hydrogens is 1140 g/mol. The molecule has 0 radical (unpaired) electrons. The first-order chi connectivity index (χ1) is 37.2. The summed E-state index contributed by atoms with van der Waals surface area (Å²) >= 11 is 6.16. The van der Waals surface area contributed by atoms with E-state index in [0.717, 1.165) is 70.5 Å². The fraction of sp³-hybridized carbons (Fsp3) is 0.451. The van der Waals surface area contributed by atoms with Crippen LogP contribution in [0.5, 0.6) is 11.5 Å². The van der Waals surface area contributed by atoms with E-state index >= 15 is 0 Å². The molecule has 2 aromatic heterocycles. The predicted molar refractivity (Wildman–Crippen MR) is 281 cm³/mol. The molecular formula is C51H60Br2N9O15+. The third-order valence-electron chi connectivity index (χ3n) is 13.3. The number of H-pyrrole nitrogens is 2. The molecule has 2 saturated heterocycles. The molecule has 77 heavy (non-hydrogen) atoms. The van der Waals surface area contributed by atoms with Crippen LogP contribution in [0.1, 0.15) is 37.7 Å². The van der Waals surface area contributed by atoms with E-state index in [1.165, 1.54) is 6.33 Å². The largest absolute Gasteiger partial charge is 0.488 e. The van der Waals surface area contributed by atoms with E-state index in [2.05, 4.69) is 67.9 Å².